The lowest BCUT2D eigenvalue weighted by atomic mass is 10.0. The third-order valence-corrected chi connectivity index (χ3v) is 4.19. The van der Waals surface area contributed by atoms with Crippen molar-refractivity contribution in [1.82, 2.24) is 10.6 Å². The number of halogens is 1. The molecule has 0 fully saturated rings. The van der Waals surface area contributed by atoms with Crippen molar-refractivity contribution < 1.29 is 19.1 Å². The van der Waals surface area contributed by atoms with Crippen molar-refractivity contribution in [2.75, 3.05) is 7.11 Å². The first-order valence-corrected chi connectivity index (χ1v) is 8.73. The molecule has 142 valence electrons. The van der Waals surface area contributed by atoms with Crippen molar-refractivity contribution in [3.05, 3.63) is 70.2 Å². The fraction of sp³-hybridized carbons (Fsp3) is 0.250. The van der Waals surface area contributed by atoms with Crippen molar-refractivity contribution >= 4 is 29.4 Å². The van der Waals surface area contributed by atoms with Gasteiger partial charge in [-0.2, -0.15) is 0 Å². The molecule has 7 heteroatoms. The molecule has 2 aromatic rings. The lowest BCUT2D eigenvalue weighted by molar-refractivity contribution is -0.141. The number of hydrogen-bond acceptors (Lipinski definition) is 4. The van der Waals surface area contributed by atoms with E-state index in [9.17, 15) is 14.4 Å². The van der Waals surface area contributed by atoms with Gasteiger partial charge in [0.1, 0.15) is 0 Å². The van der Waals surface area contributed by atoms with Gasteiger partial charge in [0.05, 0.1) is 19.6 Å². The van der Waals surface area contributed by atoms with Crippen molar-refractivity contribution in [1.29, 1.82) is 0 Å². The zero-order valence-electron chi connectivity index (χ0n) is 15.1. The third kappa shape index (κ3) is 6.42. The van der Waals surface area contributed by atoms with Crippen molar-refractivity contribution in [2.24, 2.45) is 0 Å². The van der Waals surface area contributed by atoms with Crippen molar-refractivity contribution in [2.45, 2.75) is 25.9 Å². The third-order valence-electron chi connectivity index (χ3n) is 3.93. The highest BCUT2D eigenvalue weighted by atomic mass is 35.5. The molecule has 27 heavy (non-hydrogen) atoms. The highest BCUT2D eigenvalue weighted by Crippen LogP contribution is 2.20. The van der Waals surface area contributed by atoms with Crippen LogP contribution >= 0.6 is 11.6 Å². The molecule has 2 aromatic carbocycles. The van der Waals surface area contributed by atoms with Gasteiger partial charge in [-0.1, -0.05) is 35.9 Å². The van der Waals surface area contributed by atoms with E-state index in [-0.39, 0.29) is 18.2 Å². The molecular formula is C20H21ClN2O4. The Morgan fingerprint density at radius 2 is 1.67 bits per heavy atom. The first-order chi connectivity index (χ1) is 12.9. The summed E-state index contributed by atoms with van der Waals surface area (Å²) in [5.41, 5.74) is 2.08. The highest BCUT2D eigenvalue weighted by molar-refractivity contribution is 6.30. The monoisotopic (exact) mass is 388 g/mol. The SMILES string of the molecule is COC(=O)CC(NC(=O)c1ccc(CNC(C)=O)cc1)c1ccc(Cl)cc1. The molecule has 0 bridgehead atoms. The van der Waals surface area contributed by atoms with Gasteiger partial charge in [0.2, 0.25) is 5.91 Å². The molecule has 2 rings (SSSR count). The summed E-state index contributed by atoms with van der Waals surface area (Å²) < 4.78 is 4.72. The Bertz CT molecular complexity index is 804. The molecule has 0 saturated carbocycles. The minimum atomic E-state index is -0.540. The smallest absolute Gasteiger partial charge is 0.307 e. The highest BCUT2D eigenvalue weighted by Gasteiger charge is 2.19. The molecule has 0 aliphatic carbocycles. The normalized spacial score (nSPS) is 11.4. The number of carbonyl (C=O) groups excluding carboxylic acids is 3. The largest absolute Gasteiger partial charge is 0.469 e. The molecule has 1 unspecified atom stereocenters. The van der Waals surface area contributed by atoms with E-state index in [4.69, 9.17) is 16.3 Å². The van der Waals surface area contributed by atoms with Crippen LogP contribution in [0.1, 0.15) is 40.9 Å². The maximum atomic E-state index is 12.6. The number of ether oxygens (including phenoxy) is 1. The summed E-state index contributed by atoms with van der Waals surface area (Å²) in [6, 6.07) is 13.2. The number of nitrogens with one attached hydrogen (secondary N) is 2. The second-order valence-corrected chi connectivity index (χ2v) is 6.40. The molecule has 2 amide bonds. The molecular weight excluding hydrogens is 368 g/mol. The van der Waals surface area contributed by atoms with Gasteiger partial charge in [-0.15, -0.1) is 0 Å². The molecule has 0 radical (unpaired) electrons. The van der Waals surface area contributed by atoms with Gasteiger partial charge in [-0.3, -0.25) is 14.4 Å². The number of benzene rings is 2. The van der Waals surface area contributed by atoms with Gasteiger partial charge in [0, 0.05) is 24.1 Å². The van der Waals surface area contributed by atoms with E-state index < -0.39 is 12.0 Å². The average molecular weight is 389 g/mol. The van der Waals surface area contributed by atoms with E-state index in [1.807, 2.05) is 0 Å². The number of hydrogen-bond donors (Lipinski definition) is 2. The first-order valence-electron chi connectivity index (χ1n) is 8.35. The number of rotatable bonds is 7. The Morgan fingerprint density at radius 3 is 2.22 bits per heavy atom. The van der Waals surface area contributed by atoms with Crippen LogP contribution in [0.2, 0.25) is 5.02 Å². The quantitative estimate of drug-likeness (QED) is 0.714. The molecule has 0 aromatic heterocycles. The zero-order valence-corrected chi connectivity index (χ0v) is 15.9. The summed E-state index contributed by atoms with van der Waals surface area (Å²) in [7, 11) is 1.30. The van der Waals surface area contributed by atoms with Crippen LogP contribution in [-0.2, 0) is 20.9 Å². The van der Waals surface area contributed by atoms with Gasteiger partial charge in [-0.25, -0.2) is 0 Å². The minimum absolute atomic E-state index is 0.00445. The van der Waals surface area contributed by atoms with Crippen LogP contribution in [0.4, 0.5) is 0 Å². The topological polar surface area (TPSA) is 84.5 Å². The van der Waals surface area contributed by atoms with Gasteiger partial charge >= 0.3 is 5.97 Å². The van der Waals surface area contributed by atoms with E-state index in [2.05, 4.69) is 10.6 Å². The molecule has 0 aliphatic rings. The van der Waals surface area contributed by atoms with Crippen LogP contribution in [0.25, 0.3) is 0 Å². The fourth-order valence-electron chi connectivity index (χ4n) is 2.44. The average Bonchev–Trinajstić information content (AvgIpc) is 2.66. The molecule has 0 saturated heterocycles. The Morgan fingerprint density at radius 1 is 1.04 bits per heavy atom. The first kappa shape index (κ1) is 20.5. The van der Waals surface area contributed by atoms with Crippen LogP contribution in [0.5, 0.6) is 0 Å². The second-order valence-electron chi connectivity index (χ2n) is 5.96. The second kappa shape index (κ2) is 9.73. The summed E-state index contributed by atoms with van der Waals surface area (Å²) in [6.07, 6.45) is 0.00445. The van der Waals surface area contributed by atoms with Crippen molar-refractivity contribution in [3.63, 3.8) is 0 Å². The molecule has 0 heterocycles. The summed E-state index contributed by atoms with van der Waals surface area (Å²) in [5, 5.41) is 6.11. The predicted octanol–water partition coefficient (Wildman–Crippen LogP) is 3.01. The van der Waals surface area contributed by atoms with E-state index in [1.165, 1.54) is 14.0 Å². The lowest BCUT2D eigenvalue weighted by Crippen LogP contribution is -2.30. The predicted molar refractivity (Wildman–Crippen MR) is 102 cm³/mol. The Kier molecular flexibility index (Phi) is 7.37. The van der Waals surface area contributed by atoms with Crippen molar-refractivity contribution in [3.8, 4) is 0 Å². The summed E-state index contributed by atoms with van der Waals surface area (Å²) >= 11 is 5.91. The fourth-order valence-corrected chi connectivity index (χ4v) is 2.57. The van der Waals surface area contributed by atoms with Crippen LogP contribution in [0.3, 0.4) is 0 Å². The summed E-state index contributed by atoms with van der Waals surface area (Å²) in [4.78, 5) is 35.3. The number of carbonyl (C=O) groups is 3. The zero-order chi connectivity index (χ0) is 19.8. The number of esters is 1. The lowest BCUT2D eigenvalue weighted by Gasteiger charge is -2.18. The van der Waals surface area contributed by atoms with Gasteiger partial charge in [-0.05, 0) is 35.4 Å². The van der Waals surface area contributed by atoms with E-state index >= 15 is 0 Å². The van der Waals surface area contributed by atoms with Crippen LogP contribution in [0, 0.1) is 0 Å². The molecule has 2 N–H and O–H groups in total. The standard InChI is InChI=1S/C20H21ClN2O4/c1-13(24)22-12-14-3-5-16(6-4-14)20(26)23-18(11-19(25)27-2)15-7-9-17(21)10-8-15/h3-10,18H,11-12H2,1-2H3,(H,22,24)(H,23,26). The van der Waals surface area contributed by atoms with E-state index in [0.29, 0.717) is 17.1 Å². The molecule has 0 spiro atoms. The Hall–Kier alpha value is -2.86. The van der Waals surface area contributed by atoms with Crippen LogP contribution in [-0.4, -0.2) is 24.9 Å². The van der Waals surface area contributed by atoms with Crippen LogP contribution < -0.4 is 10.6 Å². The van der Waals surface area contributed by atoms with Gasteiger partial charge < -0.3 is 15.4 Å². The minimum Gasteiger partial charge on any atom is -0.469 e. The molecule has 0 aliphatic heterocycles. The number of amides is 2. The number of methoxy groups -OCH3 is 1. The Balaban J connectivity index is 2.11. The van der Waals surface area contributed by atoms with E-state index in [0.717, 1.165) is 11.1 Å². The van der Waals surface area contributed by atoms with Crippen LogP contribution in [0.15, 0.2) is 48.5 Å². The maximum Gasteiger partial charge on any atom is 0.307 e. The maximum absolute atomic E-state index is 12.6. The molecule has 1 atom stereocenters. The summed E-state index contributed by atoms with van der Waals surface area (Å²) in [5.74, 6) is -0.865. The van der Waals surface area contributed by atoms with E-state index in [1.54, 1.807) is 48.5 Å². The summed E-state index contributed by atoms with van der Waals surface area (Å²) in [6.45, 7) is 1.84. The Labute approximate surface area is 162 Å². The van der Waals surface area contributed by atoms with Gasteiger partial charge in [0.15, 0.2) is 0 Å². The van der Waals surface area contributed by atoms with Gasteiger partial charge in [0.25, 0.3) is 5.91 Å². The molecule has 6 nitrogen and oxygen atoms in total.